The Bertz CT molecular complexity index is 3030. The fraction of sp³-hybridized carbons (Fsp3) is 0. The van der Waals surface area contributed by atoms with Crippen LogP contribution in [0.2, 0.25) is 0 Å². The molecule has 0 saturated heterocycles. The van der Waals surface area contributed by atoms with E-state index in [0.29, 0.717) is 0 Å². The summed E-state index contributed by atoms with van der Waals surface area (Å²) in [6.07, 6.45) is 0. The number of thiophene rings is 2. The number of fused-ring (bicyclic) bond motifs is 7. The second-order valence-corrected chi connectivity index (χ2v) is 16.2. The first kappa shape index (κ1) is 32.0. The lowest BCUT2D eigenvalue weighted by molar-refractivity contribution is 1.28. The molecular formula is C52H33NS2. The second-order valence-electron chi connectivity index (χ2n) is 14.1. The van der Waals surface area contributed by atoms with Crippen LogP contribution in [0.5, 0.6) is 0 Å². The van der Waals surface area contributed by atoms with Crippen molar-refractivity contribution >= 4 is 90.9 Å². The monoisotopic (exact) mass is 735 g/mol. The Morgan fingerprint density at radius 2 is 0.709 bits per heavy atom. The van der Waals surface area contributed by atoms with Gasteiger partial charge in [0.2, 0.25) is 0 Å². The van der Waals surface area contributed by atoms with Crippen molar-refractivity contribution in [2.45, 2.75) is 0 Å². The molecular weight excluding hydrogens is 703 g/mol. The predicted molar refractivity (Wildman–Crippen MR) is 241 cm³/mol. The summed E-state index contributed by atoms with van der Waals surface area (Å²) in [5.74, 6) is 0. The Balaban J connectivity index is 0.996. The third-order valence-corrected chi connectivity index (χ3v) is 13.3. The van der Waals surface area contributed by atoms with Crippen LogP contribution in [-0.2, 0) is 0 Å². The van der Waals surface area contributed by atoms with Gasteiger partial charge < -0.3 is 4.90 Å². The molecule has 0 radical (unpaired) electrons. The lowest BCUT2D eigenvalue weighted by Gasteiger charge is -2.26. The standard InChI is InChI=1S/C52H33NS2/c1-2-10-38-33-39(20-19-34(38)9-1)35-21-27-40(28-22-35)53(41-29-23-36(24-30-41)43-13-7-15-47-45-11-3-5-17-49(45)54-51(43)47)42-31-25-37(26-32-42)44-14-8-16-48-46-12-4-6-18-50(46)55-52(44)48/h1-33H. The summed E-state index contributed by atoms with van der Waals surface area (Å²) in [5, 5.41) is 7.80. The van der Waals surface area contributed by atoms with Gasteiger partial charge in [0, 0.05) is 57.4 Å². The van der Waals surface area contributed by atoms with E-state index < -0.39 is 0 Å². The molecule has 0 bridgehead atoms. The molecule has 0 aliphatic rings. The quantitative estimate of drug-likeness (QED) is 0.164. The third-order valence-electron chi connectivity index (χ3n) is 10.9. The Hall–Kier alpha value is -6.52. The van der Waals surface area contributed by atoms with Crippen LogP contribution in [0.3, 0.4) is 0 Å². The summed E-state index contributed by atoms with van der Waals surface area (Å²) in [7, 11) is 0. The van der Waals surface area contributed by atoms with Gasteiger partial charge in [0.15, 0.2) is 0 Å². The largest absolute Gasteiger partial charge is 0.311 e. The molecule has 55 heavy (non-hydrogen) atoms. The van der Waals surface area contributed by atoms with Crippen molar-refractivity contribution in [1.29, 1.82) is 0 Å². The van der Waals surface area contributed by atoms with Gasteiger partial charge in [-0.2, -0.15) is 0 Å². The first-order chi connectivity index (χ1) is 27.2. The molecule has 0 N–H and O–H groups in total. The lowest BCUT2D eigenvalue weighted by atomic mass is 10.00. The van der Waals surface area contributed by atoms with Gasteiger partial charge in [0.25, 0.3) is 0 Å². The van der Waals surface area contributed by atoms with E-state index in [0.717, 1.165) is 17.1 Å². The van der Waals surface area contributed by atoms with E-state index in [9.17, 15) is 0 Å². The molecule has 0 spiro atoms. The fourth-order valence-corrected chi connectivity index (χ4v) is 10.6. The van der Waals surface area contributed by atoms with Crippen molar-refractivity contribution in [3.05, 3.63) is 200 Å². The van der Waals surface area contributed by atoms with Gasteiger partial charge in [-0.05, 0) is 98.8 Å². The molecule has 11 aromatic rings. The molecule has 2 aromatic heterocycles. The van der Waals surface area contributed by atoms with Crippen LogP contribution in [0.15, 0.2) is 200 Å². The zero-order chi connectivity index (χ0) is 36.3. The highest BCUT2D eigenvalue weighted by molar-refractivity contribution is 7.26. The average Bonchev–Trinajstić information content (AvgIpc) is 3.83. The smallest absolute Gasteiger partial charge is 0.0462 e. The fourth-order valence-electron chi connectivity index (χ4n) is 8.15. The number of hydrogen-bond acceptors (Lipinski definition) is 3. The van der Waals surface area contributed by atoms with E-state index in [2.05, 4.69) is 205 Å². The van der Waals surface area contributed by atoms with Gasteiger partial charge in [-0.25, -0.2) is 0 Å². The summed E-state index contributed by atoms with van der Waals surface area (Å²) >= 11 is 3.76. The molecule has 0 aliphatic carbocycles. The zero-order valence-electron chi connectivity index (χ0n) is 29.8. The summed E-state index contributed by atoms with van der Waals surface area (Å²) in [5.41, 5.74) is 10.8. The molecule has 2 heterocycles. The maximum absolute atomic E-state index is 2.37. The number of benzene rings is 9. The van der Waals surface area contributed by atoms with Gasteiger partial charge in [-0.1, -0.05) is 146 Å². The maximum Gasteiger partial charge on any atom is 0.0462 e. The van der Waals surface area contributed by atoms with E-state index in [4.69, 9.17) is 0 Å². The van der Waals surface area contributed by atoms with Gasteiger partial charge in [0.1, 0.15) is 0 Å². The lowest BCUT2D eigenvalue weighted by Crippen LogP contribution is -2.09. The zero-order valence-corrected chi connectivity index (χ0v) is 31.4. The van der Waals surface area contributed by atoms with Crippen LogP contribution in [0.4, 0.5) is 17.1 Å². The first-order valence-electron chi connectivity index (χ1n) is 18.7. The number of rotatable bonds is 6. The van der Waals surface area contributed by atoms with Gasteiger partial charge >= 0.3 is 0 Å². The minimum Gasteiger partial charge on any atom is -0.311 e. The van der Waals surface area contributed by atoms with Crippen molar-refractivity contribution in [3.8, 4) is 33.4 Å². The van der Waals surface area contributed by atoms with E-state index in [-0.39, 0.29) is 0 Å². The van der Waals surface area contributed by atoms with Crippen LogP contribution in [0, 0.1) is 0 Å². The minimum atomic E-state index is 1.11. The molecule has 0 unspecified atom stereocenters. The van der Waals surface area contributed by atoms with Crippen LogP contribution in [-0.4, -0.2) is 0 Å². The molecule has 0 atom stereocenters. The van der Waals surface area contributed by atoms with Crippen LogP contribution >= 0.6 is 22.7 Å². The van der Waals surface area contributed by atoms with E-state index in [1.54, 1.807) is 0 Å². The van der Waals surface area contributed by atoms with Crippen molar-refractivity contribution < 1.29 is 0 Å². The highest BCUT2D eigenvalue weighted by atomic mass is 32.1. The predicted octanol–water partition coefficient (Wildman–Crippen LogP) is 16.0. The average molecular weight is 736 g/mol. The van der Waals surface area contributed by atoms with Gasteiger partial charge in [-0.15, -0.1) is 22.7 Å². The van der Waals surface area contributed by atoms with Crippen molar-refractivity contribution in [2.75, 3.05) is 4.90 Å². The molecule has 0 amide bonds. The molecule has 1 nitrogen and oxygen atoms in total. The maximum atomic E-state index is 2.37. The van der Waals surface area contributed by atoms with E-state index >= 15 is 0 Å². The topological polar surface area (TPSA) is 3.24 Å². The Morgan fingerprint density at radius 3 is 1.24 bits per heavy atom. The third kappa shape index (κ3) is 5.51. The summed E-state index contributed by atoms with van der Waals surface area (Å²) in [6.45, 7) is 0. The SMILES string of the molecule is c1ccc2cc(-c3ccc(N(c4ccc(-c5cccc6c5sc5ccccc56)cc4)c4ccc(-c5cccc6c5sc5ccccc56)cc4)cc3)ccc2c1. The van der Waals surface area contributed by atoms with Gasteiger partial charge in [-0.3, -0.25) is 0 Å². The summed E-state index contributed by atoms with van der Waals surface area (Å²) in [4.78, 5) is 2.37. The molecule has 3 heteroatoms. The Kier molecular flexibility index (Phi) is 7.61. The molecule has 0 fully saturated rings. The second kappa shape index (κ2) is 13.1. The highest BCUT2D eigenvalue weighted by Crippen LogP contribution is 2.43. The highest BCUT2D eigenvalue weighted by Gasteiger charge is 2.16. The Morgan fingerprint density at radius 1 is 0.291 bits per heavy atom. The van der Waals surface area contributed by atoms with Crippen LogP contribution in [0.1, 0.15) is 0 Å². The van der Waals surface area contributed by atoms with E-state index in [1.807, 2.05) is 22.7 Å². The number of nitrogens with zero attached hydrogens (tertiary/aromatic N) is 1. The number of anilines is 3. The summed E-state index contributed by atoms with van der Waals surface area (Å²) < 4.78 is 5.32. The van der Waals surface area contributed by atoms with Crippen molar-refractivity contribution in [1.82, 2.24) is 0 Å². The molecule has 0 aliphatic heterocycles. The molecule has 0 saturated carbocycles. The molecule has 11 rings (SSSR count). The Labute approximate surface area is 327 Å². The van der Waals surface area contributed by atoms with Crippen molar-refractivity contribution in [3.63, 3.8) is 0 Å². The first-order valence-corrected chi connectivity index (χ1v) is 20.3. The van der Waals surface area contributed by atoms with Crippen molar-refractivity contribution in [2.24, 2.45) is 0 Å². The van der Waals surface area contributed by atoms with Crippen LogP contribution < -0.4 is 4.90 Å². The molecule has 258 valence electrons. The normalized spacial score (nSPS) is 11.6. The molecule has 9 aromatic carbocycles. The van der Waals surface area contributed by atoms with Gasteiger partial charge in [0.05, 0.1) is 0 Å². The summed E-state index contributed by atoms with van der Waals surface area (Å²) in [6, 6.07) is 73.3. The minimum absolute atomic E-state index is 1.11. The number of hydrogen-bond donors (Lipinski definition) is 0. The van der Waals surface area contributed by atoms with Crippen LogP contribution in [0.25, 0.3) is 84.5 Å². The van der Waals surface area contributed by atoms with E-state index in [1.165, 1.54) is 84.5 Å².